The average molecular weight is 468 g/mol. The van der Waals surface area contributed by atoms with E-state index in [2.05, 4.69) is 0 Å². The fourth-order valence-corrected chi connectivity index (χ4v) is 4.00. The van der Waals surface area contributed by atoms with E-state index in [0.717, 1.165) is 5.56 Å². The molecule has 180 valence electrons. The van der Waals surface area contributed by atoms with Crippen molar-refractivity contribution in [1.82, 2.24) is 4.57 Å². The zero-order valence-corrected chi connectivity index (χ0v) is 19.7. The molecule has 0 unspecified atom stereocenters. The third-order valence-electron chi connectivity index (χ3n) is 5.85. The van der Waals surface area contributed by atoms with Gasteiger partial charge in [0, 0.05) is 29.8 Å². The second-order valence-electron chi connectivity index (χ2n) is 7.90. The van der Waals surface area contributed by atoms with E-state index in [9.17, 15) is 19.8 Å². The molecule has 0 bridgehead atoms. The fourth-order valence-electron chi connectivity index (χ4n) is 4.00. The molecule has 2 N–H and O–H groups in total. The third kappa shape index (κ3) is 5.33. The van der Waals surface area contributed by atoms with Crippen molar-refractivity contribution in [3.63, 3.8) is 0 Å². The van der Waals surface area contributed by atoms with Crippen LogP contribution < -0.4 is 15.0 Å². The number of benzene rings is 2. The SMILES string of the molecule is COC(=O)C[C@@H](c1ccc(OC)cc1OC)c1c(O)cc(C)n(CCc2ccc(O)cc2)c1=O. The molecule has 0 aliphatic rings. The minimum Gasteiger partial charge on any atom is -0.508 e. The molecule has 1 atom stereocenters. The number of hydrogen-bond donors (Lipinski definition) is 2. The van der Waals surface area contributed by atoms with E-state index in [1.54, 1.807) is 54.0 Å². The Bertz CT molecular complexity index is 1220. The fraction of sp³-hybridized carbons (Fsp3) is 0.308. The first-order valence-electron chi connectivity index (χ1n) is 10.8. The predicted molar refractivity (Wildman–Crippen MR) is 127 cm³/mol. The van der Waals surface area contributed by atoms with E-state index in [1.807, 2.05) is 0 Å². The van der Waals surface area contributed by atoms with Crippen LogP contribution in [0.5, 0.6) is 23.0 Å². The molecule has 0 aliphatic heterocycles. The number of aromatic hydroxyl groups is 2. The molecule has 3 rings (SSSR count). The molecule has 0 aliphatic carbocycles. The number of ether oxygens (including phenoxy) is 3. The number of aromatic nitrogens is 1. The van der Waals surface area contributed by atoms with Gasteiger partial charge in [-0.3, -0.25) is 9.59 Å². The summed E-state index contributed by atoms with van der Waals surface area (Å²) >= 11 is 0. The molecule has 1 heterocycles. The molecule has 0 saturated carbocycles. The van der Waals surface area contributed by atoms with Crippen molar-refractivity contribution < 1.29 is 29.2 Å². The largest absolute Gasteiger partial charge is 0.508 e. The Morgan fingerprint density at radius 1 is 1.00 bits per heavy atom. The molecular weight excluding hydrogens is 438 g/mol. The number of rotatable bonds is 9. The highest BCUT2D eigenvalue weighted by atomic mass is 16.5. The molecule has 0 amide bonds. The van der Waals surface area contributed by atoms with Crippen molar-refractivity contribution in [2.45, 2.75) is 32.2 Å². The van der Waals surface area contributed by atoms with Gasteiger partial charge in [-0.05, 0) is 43.2 Å². The van der Waals surface area contributed by atoms with E-state index in [-0.39, 0.29) is 23.5 Å². The summed E-state index contributed by atoms with van der Waals surface area (Å²) < 4.78 is 17.2. The summed E-state index contributed by atoms with van der Waals surface area (Å²) in [4.78, 5) is 25.9. The van der Waals surface area contributed by atoms with E-state index in [0.29, 0.717) is 35.7 Å². The van der Waals surface area contributed by atoms with Gasteiger partial charge in [0.05, 0.1) is 33.3 Å². The van der Waals surface area contributed by atoms with Crippen molar-refractivity contribution in [2.75, 3.05) is 21.3 Å². The Kier molecular flexibility index (Phi) is 7.83. The van der Waals surface area contributed by atoms with Crippen LogP contribution in [-0.2, 0) is 22.5 Å². The average Bonchev–Trinajstić information content (AvgIpc) is 2.83. The van der Waals surface area contributed by atoms with Crippen molar-refractivity contribution in [3.05, 3.63) is 81.3 Å². The Hall–Kier alpha value is -3.94. The molecule has 0 saturated heterocycles. The van der Waals surface area contributed by atoms with Crippen LogP contribution in [0.3, 0.4) is 0 Å². The van der Waals surface area contributed by atoms with Crippen LogP contribution in [0, 0.1) is 6.92 Å². The van der Waals surface area contributed by atoms with Crippen LogP contribution in [0.15, 0.2) is 53.3 Å². The lowest BCUT2D eigenvalue weighted by molar-refractivity contribution is -0.140. The number of nitrogens with zero attached hydrogens (tertiary/aromatic N) is 1. The van der Waals surface area contributed by atoms with Crippen molar-refractivity contribution in [2.24, 2.45) is 0 Å². The van der Waals surface area contributed by atoms with Gasteiger partial charge in [-0.25, -0.2) is 0 Å². The Morgan fingerprint density at radius 2 is 1.71 bits per heavy atom. The number of methoxy groups -OCH3 is 3. The minimum atomic E-state index is -0.804. The number of aryl methyl sites for hydroxylation is 2. The monoisotopic (exact) mass is 467 g/mol. The van der Waals surface area contributed by atoms with Crippen molar-refractivity contribution >= 4 is 5.97 Å². The summed E-state index contributed by atoms with van der Waals surface area (Å²) in [5.74, 6) is -0.391. The first-order chi connectivity index (χ1) is 16.3. The van der Waals surface area contributed by atoms with Crippen molar-refractivity contribution in [1.29, 1.82) is 0 Å². The summed E-state index contributed by atoms with van der Waals surface area (Å²) in [6.45, 7) is 2.10. The molecule has 8 heteroatoms. The summed E-state index contributed by atoms with van der Waals surface area (Å²) in [5, 5.41) is 20.3. The van der Waals surface area contributed by atoms with Gasteiger partial charge in [0.15, 0.2) is 0 Å². The lowest BCUT2D eigenvalue weighted by Crippen LogP contribution is -2.29. The molecule has 0 fully saturated rings. The summed E-state index contributed by atoms with van der Waals surface area (Å²) in [7, 11) is 4.28. The normalized spacial score (nSPS) is 11.6. The Morgan fingerprint density at radius 3 is 2.32 bits per heavy atom. The highest BCUT2D eigenvalue weighted by Gasteiger charge is 2.29. The lowest BCUT2D eigenvalue weighted by Gasteiger charge is -2.22. The van der Waals surface area contributed by atoms with E-state index >= 15 is 0 Å². The summed E-state index contributed by atoms with van der Waals surface area (Å²) in [6.07, 6.45) is 0.377. The van der Waals surface area contributed by atoms with Gasteiger partial charge in [0.2, 0.25) is 0 Å². The number of carbonyl (C=O) groups excluding carboxylic acids is 1. The molecular formula is C26H29NO7. The molecule has 2 aromatic carbocycles. The van der Waals surface area contributed by atoms with E-state index in [4.69, 9.17) is 14.2 Å². The Balaban J connectivity index is 2.10. The number of phenols is 1. The zero-order valence-electron chi connectivity index (χ0n) is 19.7. The third-order valence-corrected chi connectivity index (χ3v) is 5.85. The van der Waals surface area contributed by atoms with Crippen LogP contribution in [0.4, 0.5) is 0 Å². The number of phenolic OH excluding ortho intramolecular Hbond substituents is 1. The van der Waals surface area contributed by atoms with E-state index in [1.165, 1.54) is 27.4 Å². The molecule has 0 spiro atoms. The zero-order chi connectivity index (χ0) is 24.8. The first kappa shape index (κ1) is 24.7. The Labute approximate surface area is 198 Å². The van der Waals surface area contributed by atoms with Gasteiger partial charge in [-0.15, -0.1) is 0 Å². The molecule has 8 nitrogen and oxygen atoms in total. The van der Waals surface area contributed by atoms with Gasteiger partial charge >= 0.3 is 5.97 Å². The number of hydrogen-bond acceptors (Lipinski definition) is 7. The quantitative estimate of drug-likeness (QED) is 0.464. The molecule has 0 radical (unpaired) electrons. The topological polar surface area (TPSA) is 107 Å². The maximum Gasteiger partial charge on any atom is 0.306 e. The van der Waals surface area contributed by atoms with Crippen LogP contribution in [0.2, 0.25) is 0 Å². The minimum absolute atomic E-state index is 0.0881. The second kappa shape index (κ2) is 10.8. The predicted octanol–water partition coefficient (Wildman–Crippen LogP) is 3.52. The lowest BCUT2D eigenvalue weighted by atomic mass is 9.87. The highest BCUT2D eigenvalue weighted by Crippen LogP contribution is 2.38. The van der Waals surface area contributed by atoms with Gasteiger partial charge < -0.3 is 29.0 Å². The van der Waals surface area contributed by atoms with Crippen molar-refractivity contribution in [3.8, 4) is 23.0 Å². The van der Waals surface area contributed by atoms with Crippen LogP contribution in [0.25, 0.3) is 0 Å². The van der Waals surface area contributed by atoms with Gasteiger partial charge in [0.25, 0.3) is 5.56 Å². The number of pyridine rings is 1. The molecule has 34 heavy (non-hydrogen) atoms. The maximum absolute atomic E-state index is 13.6. The first-order valence-corrected chi connectivity index (χ1v) is 10.8. The van der Waals surface area contributed by atoms with Crippen LogP contribution >= 0.6 is 0 Å². The number of carbonyl (C=O) groups is 1. The van der Waals surface area contributed by atoms with Gasteiger partial charge in [0.1, 0.15) is 23.0 Å². The molecule has 1 aromatic heterocycles. The summed E-state index contributed by atoms with van der Waals surface area (Å²) in [5.41, 5.74) is 1.77. The number of esters is 1. The molecule has 3 aromatic rings. The smallest absolute Gasteiger partial charge is 0.306 e. The summed E-state index contributed by atoms with van der Waals surface area (Å²) in [6, 6.07) is 13.4. The van der Waals surface area contributed by atoms with Gasteiger partial charge in [-0.2, -0.15) is 0 Å². The van der Waals surface area contributed by atoms with Crippen LogP contribution in [0.1, 0.15) is 34.7 Å². The second-order valence-corrected chi connectivity index (χ2v) is 7.90. The highest BCUT2D eigenvalue weighted by molar-refractivity contribution is 5.72. The van der Waals surface area contributed by atoms with Gasteiger partial charge in [-0.1, -0.05) is 18.2 Å². The maximum atomic E-state index is 13.6. The standard InChI is InChI=1S/C26H29NO7/c1-16-13-22(29)25(26(31)27(16)12-11-17-5-7-18(28)8-6-17)21(15-24(30)34-4)20-10-9-19(32-2)14-23(20)33-3/h5-10,13-14,21,28-29H,11-12,15H2,1-4H3/t21-/m0/s1. The van der Waals surface area contributed by atoms with E-state index < -0.39 is 17.4 Å². The van der Waals surface area contributed by atoms with Crippen LogP contribution in [-0.4, -0.2) is 42.1 Å².